The molecule has 0 spiro atoms. The van der Waals surface area contributed by atoms with Crippen molar-refractivity contribution in [1.29, 1.82) is 0 Å². The second-order valence-electron chi connectivity index (χ2n) is 4.28. The number of rotatable bonds is 4. The Kier molecular flexibility index (Phi) is 4.47. The number of benzene rings is 2. The quantitative estimate of drug-likeness (QED) is 0.663. The minimum Gasteiger partial charge on any atom is -0.399 e. The van der Waals surface area contributed by atoms with Gasteiger partial charge < -0.3 is 11.1 Å². The molecule has 0 unspecified atom stereocenters. The molecule has 0 fully saturated rings. The summed E-state index contributed by atoms with van der Waals surface area (Å²) in [5.74, 6) is 0.380. The van der Waals surface area contributed by atoms with Gasteiger partial charge in [0.25, 0.3) is 0 Å². The lowest BCUT2D eigenvalue weighted by atomic mass is 10.2. The van der Waals surface area contributed by atoms with E-state index in [1.165, 1.54) is 11.8 Å². The van der Waals surface area contributed by atoms with Crippen molar-refractivity contribution in [2.75, 3.05) is 16.8 Å². The topological polar surface area (TPSA) is 55.1 Å². The van der Waals surface area contributed by atoms with E-state index in [0.717, 1.165) is 21.8 Å². The molecule has 0 bridgehead atoms. The van der Waals surface area contributed by atoms with Crippen molar-refractivity contribution in [3.8, 4) is 0 Å². The molecule has 0 aromatic heterocycles. The summed E-state index contributed by atoms with van der Waals surface area (Å²) in [5, 5.41) is 2.88. The van der Waals surface area contributed by atoms with Crippen LogP contribution in [0.2, 0.25) is 0 Å². The fourth-order valence-corrected chi connectivity index (χ4v) is 2.33. The highest BCUT2D eigenvalue weighted by atomic mass is 32.2. The van der Waals surface area contributed by atoms with Crippen LogP contribution in [-0.2, 0) is 4.79 Å². The molecule has 1 amide bonds. The Hall–Kier alpha value is -1.94. The van der Waals surface area contributed by atoms with Crippen molar-refractivity contribution in [1.82, 2.24) is 0 Å². The summed E-state index contributed by atoms with van der Waals surface area (Å²) in [5.41, 5.74) is 8.31. The minimum atomic E-state index is -0.00701. The standard InChI is InChI=1S/C15H16N2OS/c1-11-3-2-4-13(9-11)17-15(18)10-19-14-7-5-12(16)6-8-14/h2-9H,10,16H2,1H3,(H,17,18). The fraction of sp³-hybridized carbons (Fsp3) is 0.133. The molecule has 2 rings (SSSR count). The summed E-state index contributed by atoms with van der Waals surface area (Å²) in [6, 6.07) is 15.3. The van der Waals surface area contributed by atoms with Gasteiger partial charge in [0.05, 0.1) is 5.75 Å². The van der Waals surface area contributed by atoms with Gasteiger partial charge in [0, 0.05) is 16.3 Å². The van der Waals surface area contributed by atoms with Gasteiger partial charge in [-0.15, -0.1) is 11.8 Å². The highest BCUT2D eigenvalue weighted by molar-refractivity contribution is 8.00. The first-order valence-electron chi connectivity index (χ1n) is 5.98. The number of nitrogens with one attached hydrogen (secondary N) is 1. The van der Waals surface area contributed by atoms with Crippen LogP contribution in [0.15, 0.2) is 53.4 Å². The first-order chi connectivity index (χ1) is 9.13. The number of nitrogens with two attached hydrogens (primary N) is 1. The third kappa shape index (κ3) is 4.34. The summed E-state index contributed by atoms with van der Waals surface area (Å²) in [6.07, 6.45) is 0. The van der Waals surface area contributed by atoms with Crippen LogP contribution in [0.25, 0.3) is 0 Å². The van der Waals surface area contributed by atoms with Gasteiger partial charge in [0.1, 0.15) is 0 Å². The number of amides is 1. The highest BCUT2D eigenvalue weighted by Crippen LogP contribution is 2.19. The smallest absolute Gasteiger partial charge is 0.234 e. The van der Waals surface area contributed by atoms with Crippen LogP contribution in [0, 0.1) is 6.92 Å². The van der Waals surface area contributed by atoms with Gasteiger partial charge in [-0.2, -0.15) is 0 Å². The molecule has 0 aliphatic heterocycles. The van der Waals surface area contributed by atoms with Crippen LogP contribution in [0.5, 0.6) is 0 Å². The van der Waals surface area contributed by atoms with Crippen LogP contribution >= 0.6 is 11.8 Å². The van der Waals surface area contributed by atoms with E-state index >= 15 is 0 Å². The molecule has 0 aliphatic carbocycles. The molecule has 0 saturated heterocycles. The van der Waals surface area contributed by atoms with Crippen molar-refractivity contribution in [2.24, 2.45) is 0 Å². The largest absolute Gasteiger partial charge is 0.399 e. The number of hydrogen-bond acceptors (Lipinski definition) is 3. The Morgan fingerprint density at radius 1 is 1.21 bits per heavy atom. The van der Waals surface area contributed by atoms with Gasteiger partial charge in [-0.3, -0.25) is 4.79 Å². The fourth-order valence-electron chi connectivity index (χ4n) is 1.63. The summed E-state index contributed by atoms with van der Waals surface area (Å²) >= 11 is 1.49. The van der Waals surface area contributed by atoms with Crippen molar-refractivity contribution in [3.05, 3.63) is 54.1 Å². The van der Waals surface area contributed by atoms with Gasteiger partial charge >= 0.3 is 0 Å². The van der Waals surface area contributed by atoms with Crippen LogP contribution in [0.1, 0.15) is 5.56 Å². The van der Waals surface area contributed by atoms with E-state index in [1.54, 1.807) is 0 Å². The monoisotopic (exact) mass is 272 g/mol. The number of aryl methyl sites for hydroxylation is 1. The summed E-state index contributed by atoms with van der Waals surface area (Å²) in [4.78, 5) is 12.8. The maximum absolute atomic E-state index is 11.8. The summed E-state index contributed by atoms with van der Waals surface area (Å²) in [7, 11) is 0. The number of carbonyl (C=O) groups excluding carboxylic acids is 1. The third-order valence-electron chi connectivity index (χ3n) is 2.55. The lowest BCUT2D eigenvalue weighted by Crippen LogP contribution is -2.13. The molecule has 3 nitrogen and oxygen atoms in total. The van der Waals surface area contributed by atoms with E-state index in [2.05, 4.69) is 5.32 Å². The first-order valence-corrected chi connectivity index (χ1v) is 6.97. The molecule has 0 saturated carbocycles. The van der Waals surface area contributed by atoms with Crippen molar-refractivity contribution in [3.63, 3.8) is 0 Å². The SMILES string of the molecule is Cc1cccc(NC(=O)CSc2ccc(N)cc2)c1. The molecule has 19 heavy (non-hydrogen) atoms. The van der Waals surface area contributed by atoms with E-state index in [1.807, 2.05) is 55.5 Å². The summed E-state index contributed by atoms with van der Waals surface area (Å²) < 4.78 is 0. The predicted molar refractivity (Wildman–Crippen MR) is 81.4 cm³/mol. The van der Waals surface area contributed by atoms with E-state index < -0.39 is 0 Å². The molecule has 2 aromatic carbocycles. The van der Waals surface area contributed by atoms with E-state index in [4.69, 9.17) is 5.73 Å². The Labute approximate surface area is 117 Å². The van der Waals surface area contributed by atoms with Gasteiger partial charge in [-0.1, -0.05) is 12.1 Å². The molecule has 0 atom stereocenters. The Morgan fingerprint density at radius 3 is 2.63 bits per heavy atom. The van der Waals surface area contributed by atoms with E-state index in [9.17, 15) is 4.79 Å². The number of thioether (sulfide) groups is 1. The maximum Gasteiger partial charge on any atom is 0.234 e. The zero-order chi connectivity index (χ0) is 13.7. The Bertz CT molecular complexity index is 567. The average Bonchev–Trinajstić information content (AvgIpc) is 2.38. The maximum atomic E-state index is 11.8. The van der Waals surface area contributed by atoms with Crippen LogP contribution in [0.4, 0.5) is 11.4 Å². The van der Waals surface area contributed by atoms with Gasteiger partial charge in [0.15, 0.2) is 0 Å². The van der Waals surface area contributed by atoms with E-state index in [0.29, 0.717) is 5.75 Å². The molecule has 0 radical (unpaired) electrons. The highest BCUT2D eigenvalue weighted by Gasteiger charge is 2.03. The Morgan fingerprint density at radius 2 is 1.95 bits per heavy atom. The number of carbonyl (C=O) groups is 1. The number of anilines is 2. The molecule has 98 valence electrons. The van der Waals surface area contributed by atoms with Crippen LogP contribution in [0.3, 0.4) is 0 Å². The molecule has 4 heteroatoms. The van der Waals surface area contributed by atoms with Gasteiger partial charge in [-0.05, 0) is 48.9 Å². The van der Waals surface area contributed by atoms with E-state index in [-0.39, 0.29) is 5.91 Å². The minimum absolute atomic E-state index is 0.00701. The molecule has 0 aliphatic rings. The molecule has 3 N–H and O–H groups in total. The third-order valence-corrected chi connectivity index (χ3v) is 3.56. The van der Waals surface area contributed by atoms with Crippen molar-refractivity contribution in [2.45, 2.75) is 11.8 Å². The molecule has 0 heterocycles. The van der Waals surface area contributed by atoms with Crippen molar-refractivity contribution < 1.29 is 4.79 Å². The lowest BCUT2D eigenvalue weighted by molar-refractivity contribution is -0.113. The second kappa shape index (κ2) is 6.29. The second-order valence-corrected chi connectivity index (χ2v) is 5.32. The van der Waals surface area contributed by atoms with Crippen LogP contribution < -0.4 is 11.1 Å². The number of hydrogen-bond donors (Lipinski definition) is 2. The molecule has 2 aromatic rings. The summed E-state index contributed by atoms with van der Waals surface area (Å²) in [6.45, 7) is 2.00. The van der Waals surface area contributed by atoms with Gasteiger partial charge in [0.2, 0.25) is 5.91 Å². The number of nitrogen functional groups attached to an aromatic ring is 1. The first kappa shape index (κ1) is 13.5. The Balaban J connectivity index is 1.86. The van der Waals surface area contributed by atoms with Crippen LogP contribution in [-0.4, -0.2) is 11.7 Å². The predicted octanol–water partition coefficient (Wildman–Crippen LogP) is 3.31. The van der Waals surface area contributed by atoms with Gasteiger partial charge in [-0.25, -0.2) is 0 Å². The normalized spacial score (nSPS) is 10.2. The average molecular weight is 272 g/mol. The zero-order valence-electron chi connectivity index (χ0n) is 10.7. The zero-order valence-corrected chi connectivity index (χ0v) is 11.5. The lowest BCUT2D eigenvalue weighted by Gasteiger charge is -2.06. The van der Waals surface area contributed by atoms with Crippen molar-refractivity contribution >= 4 is 29.0 Å². The molecular weight excluding hydrogens is 256 g/mol. The molecular formula is C15H16N2OS.